The number of piperidine rings is 1. The lowest BCUT2D eigenvalue weighted by atomic mass is 9.96. The van der Waals surface area contributed by atoms with E-state index in [4.69, 9.17) is 9.52 Å². The number of carboxylic acids is 1. The molecule has 27 heavy (non-hydrogen) atoms. The molecule has 2 heterocycles. The van der Waals surface area contributed by atoms with E-state index in [1.54, 1.807) is 24.0 Å². The molecule has 0 saturated carbocycles. The quantitative estimate of drug-likeness (QED) is 0.797. The predicted molar refractivity (Wildman–Crippen MR) is 98.9 cm³/mol. The highest BCUT2D eigenvalue weighted by molar-refractivity contribution is 5.85. The number of fused-ring (bicyclic) bond motifs is 1. The van der Waals surface area contributed by atoms with E-state index in [-0.39, 0.29) is 30.4 Å². The lowest BCUT2D eigenvalue weighted by Crippen LogP contribution is -2.40. The summed E-state index contributed by atoms with van der Waals surface area (Å²) in [7, 11) is 0. The van der Waals surface area contributed by atoms with Crippen LogP contribution in [0.25, 0.3) is 11.0 Å². The molecule has 1 aromatic heterocycles. The van der Waals surface area contributed by atoms with Crippen molar-refractivity contribution in [1.82, 2.24) is 4.90 Å². The van der Waals surface area contributed by atoms with Gasteiger partial charge in [-0.05, 0) is 50.8 Å². The zero-order valence-electron chi connectivity index (χ0n) is 15.4. The van der Waals surface area contributed by atoms with E-state index < -0.39 is 11.6 Å². The average molecular weight is 373 g/mol. The number of hydrogen-bond donors (Lipinski definition) is 2. The smallest absolute Gasteiger partial charge is 0.339 e. The SMILES string of the molecule is Cc1c(CCC(=O)N2CCC(C(=O)O)CC2)c(=O)oc2c(C)c(O)ccc12. The number of carboxylic acid groups (broad SMARTS) is 1. The van der Waals surface area contributed by atoms with Crippen LogP contribution in [0, 0.1) is 19.8 Å². The second-order valence-electron chi connectivity index (χ2n) is 7.07. The van der Waals surface area contributed by atoms with Crippen LogP contribution in [0.3, 0.4) is 0 Å². The molecule has 0 atom stereocenters. The minimum atomic E-state index is -0.812. The van der Waals surface area contributed by atoms with Crippen LogP contribution in [-0.4, -0.2) is 40.1 Å². The highest BCUT2D eigenvalue weighted by Crippen LogP contribution is 2.28. The van der Waals surface area contributed by atoms with Crippen LogP contribution in [-0.2, 0) is 16.0 Å². The first-order chi connectivity index (χ1) is 12.8. The maximum absolute atomic E-state index is 12.4. The van der Waals surface area contributed by atoms with Crippen LogP contribution >= 0.6 is 0 Å². The monoisotopic (exact) mass is 373 g/mol. The van der Waals surface area contributed by atoms with Gasteiger partial charge in [0, 0.05) is 36.0 Å². The number of likely N-dealkylation sites (tertiary alicyclic amines) is 1. The van der Waals surface area contributed by atoms with Gasteiger partial charge in [-0.15, -0.1) is 0 Å². The average Bonchev–Trinajstić information content (AvgIpc) is 2.64. The number of aliphatic carboxylic acids is 1. The zero-order chi connectivity index (χ0) is 19.7. The first kappa shape index (κ1) is 18.9. The number of aryl methyl sites for hydroxylation is 2. The van der Waals surface area contributed by atoms with Crippen LogP contribution in [0.15, 0.2) is 21.3 Å². The molecular weight excluding hydrogens is 350 g/mol. The number of amides is 1. The van der Waals surface area contributed by atoms with Crippen LogP contribution in [0.4, 0.5) is 0 Å². The zero-order valence-corrected chi connectivity index (χ0v) is 15.4. The van der Waals surface area contributed by atoms with Crippen LogP contribution in [0.1, 0.15) is 36.0 Å². The standard InChI is InChI=1S/C20H23NO6/c1-11-14-3-5-16(22)12(2)18(14)27-20(26)15(11)4-6-17(23)21-9-7-13(8-10-21)19(24)25/h3,5,13,22H,4,6-10H2,1-2H3,(H,24,25). The van der Waals surface area contributed by atoms with Gasteiger partial charge in [-0.25, -0.2) is 4.79 Å². The fourth-order valence-corrected chi connectivity index (χ4v) is 3.63. The number of rotatable bonds is 4. The molecule has 1 aliphatic rings. The lowest BCUT2D eigenvalue weighted by molar-refractivity contribution is -0.145. The number of hydrogen-bond acceptors (Lipinski definition) is 5. The molecule has 7 heteroatoms. The molecule has 2 N–H and O–H groups in total. The molecular formula is C20H23NO6. The van der Waals surface area contributed by atoms with Gasteiger partial charge in [0.2, 0.25) is 5.91 Å². The summed E-state index contributed by atoms with van der Waals surface area (Å²) in [5, 5.41) is 19.6. The molecule has 1 aliphatic heterocycles. The Morgan fingerprint density at radius 3 is 2.48 bits per heavy atom. The van der Waals surface area contributed by atoms with Crippen molar-refractivity contribution >= 4 is 22.8 Å². The largest absolute Gasteiger partial charge is 0.508 e. The molecule has 0 spiro atoms. The molecule has 144 valence electrons. The molecule has 3 rings (SSSR count). The van der Waals surface area contributed by atoms with Crippen molar-refractivity contribution in [3.63, 3.8) is 0 Å². The second kappa shape index (κ2) is 7.42. The van der Waals surface area contributed by atoms with Gasteiger partial charge in [0.15, 0.2) is 0 Å². The normalized spacial score (nSPS) is 15.3. The summed E-state index contributed by atoms with van der Waals surface area (Å²) < 4.78 is 5.40. The third kappa shape index (κ3) is 3.67. The van der Waals surface area contributed by atoms with E-state index in [0.29, 0.717) is 42.6 Å². The lowest BCUT2D eigenvalue weighted by Gasteiger charge is -2.30. The molecule has 7 nitrogen and oxygen atoms in total. The fraction of sp³-hybridized carbons (Fsp3) is 0.450. The third-order valence-corrected chi connectivity index (χ3v) is 5.46. The van der Waals surface area contributed by atoms with Crippen LogP contribution in [0.5, 0.6) is 5.75 Å². The second-order valence-corrected chi connectivity index (χ2v) is 7.07. The van der Waals surface area contributed by atoms with Crippen molar-refractivity contribution < 1.29 is 24.2 Å². The van der Waals surface area contributed by atoms with E-state index in [1.165, 1.54) is 0 Å². The number of aromatic hydroxyl groups is 1. The highest BCUT2D eigenvalue weighted by Gasteiger charge is 2.27. The first-order valence-corrected chi connectivity index (χ1v) is 9.05. The first-order valence-electron chi connectivity index (χ1n) is 9.05. The molecule has 1 amide bonds. The van der Waals surface area contributed by atoms with Gasteiger partial charge >= 0.3 is 11.6 Å². The minimum Gasteiger partial charge on any atom is -0.508 e. The number of nitrogens with zero attached hydrogens (tertiary/aromatic N) is 1. The van der Waals surface area contributed by atoms with E-state index in [9.17, 15) is 19.5 Å². The Morgan fingerprint density at radius 2 is 1.85 bits per heavy atom. The number of carbonyl (C=O) groups excluding carboxylic acids is 1. The minimum absolute atomic E-state index is 0.0674. The van der Waals surface area contributed by atoms with E-state index in [0.717, 1.165) is 10.9 Å². The van der Waals surface area contributed by atoms with E-state index in [1.807, 2.05) is 6.92 Å². The Balaban J connectivity index is 1.74. The predicted octanol–water partition coefficient (Wildman–Crippen LogP) is 2.37. The fourth-order valence-electron chi connectivity index (χ4n) is 3.63. The topological polar surface area (TPSA) is 108 Å². The highest BCUT2D eigenvalue weighted by atomic mass is 16.4. The molecule has 0 bridgehead atoms. The summed E-state index contributed by atoms with van der Waals surface area (Å²) in [5.74, 6) is -1.21. The number of phenolic OH excluding ortho intramolecular Hbond substituents is 1. The van der Waals surface area contributed by atoms with Crippen molar-refractivity contribution in [3.8, 4) is 5.75 Å². The number of carbonyl (C=O) groups is 2. The maximum atomic E-state index is 12.4. The summed E-state index contributed by atoms with van der Waals surface area (Å²) in [6, 6.07) is 3.27. The Bertz CT molecular complexity index is 953. The third-order valence-electron chi connectivity index (χ3n) is 5.46. The molecule has 0 aliphatic carbocycles. The van der Waals surface area contributed by atoms with Gasteiger partial charge in [0.05, 0.1) is 5.92 Å². The molecule has 1 saturated heterocycles. The summed E-state index contributed by atoms with van der Waals surface area (Å²) in [5.41, 5.74) is 1.59. The Hall–Kier alpha value is -2.83. The van der Waals surface area contributed by atoms with Gasteiger partial charge in [0.1, 0.15) is 11.3 Å². The molecule has 0 unspecified atom stereocenters. The van der Waals surface area contributed by atoms with Crippen molar-refractivity contribution in [2.24, 2.45) is 5.92 Å². The Labute approximate surface area is 156 Å². The van der Waals surface area contributed by atoms with Crippen molar-refractivity contribution in [2.75, 3.05) is 13.1 Å². The molecule has 2 aromatic rings. The van der Waals surface area contributed by atoms with Crippen molar-refractivity contribution in [2.45, 2.75) is 39.5 Å². The van der Waals surface area contributed by atoms with Crippen molar-refractivity contribution in [3.05, 3.63) is 39.2 Å². The van der Waals surface area contributed by atoms with Gasteiger partial charge in [0.25, 0.3) is 0 Å². The summed E-state index contributed by atoms with van der Waals surface area (Å²) >= 11 is 0. The molecule has 0 radical (unpaired) electrons. The summed E-state index contributed by atoms with van der Waals surface area (Å²) in [6.07, 6.45) is 1.36. The maximum Gasteiger partial charge on any atom is 0.339 e. The van der Waals surface area contributed by atoms with Gasteiger partial charge in [-0.2, -0.15) is 0 Å². The van der Waals surface area contributed by atoms with Gasteiger partial charge in [-0.1, -0.05) is 0 Å². The van der Waals surface area contributed by atoms with Gasteiger partial charge in [-0.3, -0.25) is 9.59 Å². The van der Waals surface area contributed by atoms with Crippen LogP contribution < -0.4 is 5.63 Å². The van der Waals surface area contributed by atoms with E-state index in [2.05, 4.69) is 0 Å². The van der Waals surface area contributed by atoms with Crippen molar-refractivity contribution in [1.29, 1.82) is 0 Å². The summed E-state index contributed by atoms with van der Waals surface area (Å²) in [4.78, 5) is 37.5. The van der Waals surface area contributed by atoms with E-state index >= 15 is 0 Å². The molecule has 1 aromatic carbocycles. The van der Waals surface area contributed by atoms with Gasteiger partial charge < -0.3 is 19.5 Å². The Kier molecular flexibility index (Phi) is 5.21. The molecule has 1 fully saturated rings. The summed E-state index contributed by atoms with van der Waals surface area (Å²) in [6.45, 7) is 4.36. The number of benzene rings is 1. The number of phenols is 1. The van der Waals surface area contributed by atoms with Crippen LogP contribution in [0.2, 0.25) is 0 Å². The Morgan fingerprint density at radius 1 is 1.19 bits per heavy atom.